The van der Waals surface area contributed by atoms with Crippen LogP contribution in [0.2, 0.25) is 0 Å². The van der Waals surface area contributed by atoms with Crippen molar-refractivity contribution in [1.29, 1.82) is 0 Å². The lowest BCUT2D eigenvalue weighted by Crippen LogP contribution is -2.18. The minimum Gasteiger partial charge on any atom is -0.466 e. The van der Waals surface area contributed by atoms with Crippen molar-refractivity contribution in [1.82, 2.24) is 0 Å². The van der Waals surface area contributed by atoms with E-state index in [-0.39, 0.29) is 28.5 Å². The van der Waals surface area contributed by atoms with Gasteiger partial charge in [-0.05, 0) is 55.8 Å². The lowest BCUT2D eigenvalue weighted by atomic mass is 10.1. The molecule has 32 heavy (non-hydrogen) atoms. The summed E-state index contributed by atoms with van der Waals surface area (Å²) in [5, 5.41) is 2.75. The SMILES string of the molecule is CCOC(=O)Cc1ccc(NC(=O)c2ccccc2NS(=O)(=O)c2ccc(C)cc2)cc1. The number of anilines is 2. The summed E-state index contributed by atoms with van der Waals surface area (Å²) < 4.78 is 32.9. The van der Waals surface area contributed by atoms with Gasteiger partial charge < -0.3 is 10.1 Å². The molecule has 0 bridgehead atoms. The molecule has 166 valence electrons. The topological polar surface area (TPSA) is 102 Å². The van der Waals surface area contributed by atoms with E-state index in [0.717, 1.165) is 11.1 Å². The fourth-order valence-corrected chi connectivity index (χ4v) is 4.05. The quantitative estimate of drug-likeness (QED) is 0.500. The molecular weight excluding hydrogens is 428 g/mol. The maximum atomic E-state index is 12.8. The zero-order valence-electron chi connectivity index (χ0n) is 17.8. The molecule has 7 nitrogen and oxygen atoms in total. The first-order chi connectivity index (χ1) is 15.3. The van der Waals surface area contributed by atoms with E-state index in [9.17, 15) is 18.0 Å². The Bertz CT molecular complexity index is 1200. The highest BCUT2D eigenvalue weighted by Gasteiger charge is 2.18. The summed E-state index contributed by atoms with van der Waals surface area (Å²) in [5.41, 5.74) is 2.56. The summed E-state index contributed by atoms with van der Waals surface area (Å²) in [5.74, 6) is -0.788. The Morgan fingerprint density at radius 2 is 1.56 bits per heavy atom. The molecule has 3 aromatic carbocycles. The lowest BCUT2D eigenvalue weighted by Gasteiger charge is -2.13. The highest BCUT2D eigenvalue weighted by Crippen LogP contribution is 2.22. The van der Waals surface area contributed by atoms with Gasteiger partial charge in [0.25, 0.3) is 15.9 Å². The number of nitrogens with one attached hydrogen (secondary N) is 2. The van der Waals surface area contributed by atoms with Crippen molar-refractivity contribution in [3.63, 3.8) is 0 Å². The molecule has 0 aliphatic heterocycles. The maximum Gasteiger partial charge on any atom is 0.310 e. The molecule has 8 heteroatoms. The highest BCUT2D eigenvalue weighted by atomic mass is 32.2. The van der Waals surface area contributed by atoms with Crippen molar-refractivity contribution < 1.29 is 22.7 Å². The molecular formula is C24H24N2O5S. The van der Waals surface area contributed by atoms with Gasteiger partial charge in [-0.3, -0.25) is 14.3 Å². The number of carbonyl (C=O) groups is 2. The standard InChI is InChI=1S/C24H24N2O5S/c1-3-31-23(27)16-18-10-12-19(13-11-18)25-24(28)21-6-4-5-7-22(21)26-32(29,30)20-14-8-17(2)9-15-20/h4-15,26H,3,16H2,1-2H3,(H,25,28). The van der Waals surface area contributed by atoms with Crippen LogP contribution in [0.4, 0.5) is 11.4 Å². The summed E-state index contributed by atoms with van der Waals surface area (Å²) in [6.45, 7) is 3.93. The van der Waals surface area contributed by atoms with E-state index >= 15 is 0 Å². The van der Waals surface area contributed by atoms with Crippen molar-refractivity contribution in [2.24, 2.45) is 0 Å². The molecule has 0 aromatic heterocycles. The summed E-state index contributed by atoms with van der Waals surface area (Å²) in [4.78, 5) is 24.5. The number of amides is 1. The summed E-state index contributed by atoms with van der Waals surface area (Å²) in [7, 11) is -3.85. The molecule has 0 fully saturated rings. The van der Waals surface area contributed by atoms with Crippen LogP contribution < -0.4 is 10.0 Å². The number of benzene rings is 3. The maximum absolute atomic E-state index is 12.8. The van der Waals surface area contributed by atoms with Crippen molar-refractivity contribution in [2.45, 2.75) is 25.2 Å². The molecule has 0 unspecified atom stereocenters. The minimum absolute atomic E-state index is 0.107. The van der Waals surface area contributed by atoms with Crippen LogP contribution in [-0.4, -0.2) is 26.9 Å². The van der Waals surface area contributed by atoms with E-state index in [2.05, 4.69) is 10.0 Å². The van der Waals surface area contributed by atoms with Crippen LogP contribution >= 0.6 is 0 Å². The van der Waals surface area contributed by atoms with E-state index < -0.39 is 15.9 Å². The molecule has 3 rings (SSSR count). The molecule has 0 radical (unpaired) electrons. The molecule has 2 N–H and O–H groups in total. The van der Waals surface area contributed by atoms with Crippen LogP contribution in [0.1, 0.15) is 28.4 Å². The number of hydrogen-bond donors (Lipinski definition) is 2. The summed E-state index contributed by atoms with van der Waals surface area (Å²) in [6, 6.07) is 19.6. The van der Waals surface area contributed by atoms with Crippen molar-refractivity contribution in [3.05, 3.63) is 89.5 Å². The fourth-order valence-electron chi connectivity index (χ4n) is 2.97. The normalized spacial score (nSPS) is 10.9. The highest BCUT2D eigenvalue weighted by molar-refractivity contribution is 7.92. The van der Waals surface area contributed by atoms with Crippen LogP contribution in [0.15, 0.2) is 77.7 Å². The zero-order chi connectivity index (χ0) is 23.1. The number of ether oxygens (including phenoxy) is 1. The van der Waals surface area contributed by atoms with Crippen molar-refractivity contribution in [3.8, 4) is 0 Å². The van der Waals surface area contributed by atoms with E-state index in [1.54, 1.807) is 55.5 Å². The Labute approximate surface area is 187 Å². The van der Waals surface area contributed by atoms with Gasteiger partial charge in [0.2, 0.25) is 0 Å². The molecule has 0 spiro atoms. The van der Waals surface area contributed by atoms with Gasteiger partial charge in [-0.2, -0.15) is 0 Å². The molecule has 3 aromatic rings. The van der Waals surface area contributed by atoms with Crippen LogP contribution in [-0.2, 0) is 26.0 Å². The van der Waals surface area contributed by atoms with E-state index in [1.807, 2.05) is 6.92 Å². The molecule has 0 saturated heterocycles. The third kappa shape index (κ3) is 5.95. The molecule has 0 saturated carbocycles. The third-order valence-corrected chi connectivity index (χ3v) is 5.99. The Kier molecular flexibility index (Phi) is 7.27. The second-order valence-corrected chi connectivity index (χ2v) is 8.78. The molecule has 0 aliphatic rings. The third-order valence-electron chi connectivity index (χ3n) is 4.61. The predicted octanol–water partition coefficient (Wildman–Crippen LogP) is 4.15. The largest absolute Gasteiger partial charge is 0.466 e. The first-order valence-corrected chi connectivity index (χ1v) is 11.5. The first kappa shape index (κ1) is 23.0. The first-order valence-electron chi connectivity index (χ1n) is 10.0. The lowest BCUT2D eigenvalue weighted by molar-refractivity contribution is -0.142. The van der Waals surface area contributed by atoms with E-state index in [1.165, 1.54) is 24.3 Å². The Hall–Kier alpha value is -3.65. The average Bonchev–Trinajstić information content (AvgIpc) is 2.75. The smallest absolute Gasteiger partial charge is 0.310 e. The van der Waals surface area contributed by atoms with Gasteiger partial charge in [-0.15, -0.1) is 0 Å². The van der Waals surface area contributed by atoms with Crippen LogP contribution in [0.25, 0.3) is 0 Å². The second kappa shape index (κ2) is 10.1. The summed E-state index contributed by atoms with van der Waals surface area (Å²) >= 11 is 0. The number of rotatable bonds is 8. The van der Waals surface area contributed by atoms with Gasteiger partial charge in [0.05, 0.1) is 29.2 Å². The molecule has 1 amide bonds. The molecule has 0 atom stereocenters. The number of hydrogen-bond acceptors (Lipinski definition) is 5. The van der Waals surface area contributed by atoms with Gasteiger partial charge in [0, 0.05) is 5.69 Å². The van der Waals surface area contributed by atoms with Gasteiger partial charge in [0.1, 0.15) is 0 Å². The van der Waals surface area contributed by atoms with Gasteiger partial charge in [-0.1, -0.05) is 42.0 Å². The van der Waals surface area contributed by atoms with E-state index in [0.29, 0.717) is 12.3 Å². The fraction of sp³-hybridized carbons (Fsp3) is 0.167. The van der Waals surface area contributed by atoms with E-state index in [4.69, 9.17) is 4.74 Å². The Balaban J connectivity index is 1.74. The van der Waals surface area contributed by atoms with Crippen LogP contribution in [0.5, 0.6) is 0 Å². The molecule has 0 aliphatic carbocycles. The van der Waals surface area contributed by atoms with Crippen molar-refractivity contribution in [2.75, 3.05) is 16.6 Å². The number of esters is 1. The number of sulfonamides is 1. The monoisotopic (exact) mass is 452 g/mol. The van der Waals surface area contributed by atoms with Gasteiger partial charge in [0.15, 0.2) is 0 Å². The Morgan fingerprint density at radius 3 is 2.22 bits per heavy atom. The number of aryl methyl sites for hydroxylation is 1. The zero-order valence-corrected chi connectivity index (χ0v) is 18.6. The Morgan fingerprint density at radius 1 is 0.906 bits per heavy atom. The predicted molar refractivity (Wildman–Crippen MR) is 123 cm³/mol. The average molecular weight is 453 g/mol. The second-order valence-electron chi connectivity index (χ2n) is 7.10. The molecule has 0 heterocycles. The summed E-state index contributed by atoms with van der Waals surface area (Å²) in [6.07, 6.45) is 0.145. The van der Waals surface area contributed by atoms with Gasteiger partial charge >= 0.3 is 5.97 Å². The number of para-hydroxylation sites is 1. The minimum atomic E-state index is -3.85. The van der Waals surface area contributed by atoms with Crippen molar-refractivity contribution >= 4 is 33.3 Å². The van der Waals surface area contributed by atoms with Gasteiger partial charge in [-0.25, -0.2) is 8.42 Å². The number of carbonyl (C=O) groups excluding carboxylic acids is 2. The van der Waals surface area contributed by atoms with Crippen LogP contribution in [0.3, 0.4) is 0 Å². The van der Waals surface area contributed by atoms with Crippen LogP contribution in [0, 0.1) is 6.92 Å².